The summed E-state index contributed by atoms with van der Waals surface area (Å²) in [4.78, 5) is 12.4. The minimum absolute atomic E-state index is 0. The number of carbonyl (C=O) groups is 1. The van der Waals surface area contributed by atoms with Crippen LogP contribution in [0.5, 0.6) is 0 Å². The maximum Gasteiger partial charge on any atom is 0.230 e. The molecule has 5 heteroatoms. The van der Waals surface area contributed by atoms with E-state index in [-0.39, 0.29) is 30.2 Å². The lowest BCUT2D eigenvalue weighted by Gasteiger charge is -2.30. The van der Waals surface area contributed by atoms with Crippen molar-refractivity contribution >= 4 is 18.3 Å². The van der Waals surface area contributed by atoms with E-state index < -0.39 is 5.41 Å². The summed E-state index contributed by atoms with van der Waals surface area (Å²) in [6.07, 6.45) is 1.90. The van der Waals surface area contributed by atoms with Gasteiger partial charge in [-0.05, 0) is 57.5 Å². The third-order valence-electron chi connectivity index (χ3n) is 3.79. The van der Waals surface area contributed by atoms with Crippen molar-refractivity contribution < 1.29 is 9.18 Å². The van der Waals surface area contributed by atoms with Gasteiger partial charge in [-0.1, -0.05) is 12.1 Å². The number of benzene rings is 1. The molecule has 0 radical (unpaired) electrons. The summed E-state index contributed by atoms with van der Waals surface area (Å²) in [5.41, 5.74) is -0.00796. The van der Waals surface area contributed by atoms with Gasteiger partial charge in [-0.15, -0.1) is 12.4 Å². The Morgan fingerprint density at radius 2 is 2.00 bits per heavy atom. The first-order chi connectivity index (χ1) is 9.00. The highest BCUT2D eigenvalue weighted by Crippen LogP contribution is 2.24. The van der Waals surface area contributed by atoms with Crippen LogP contribution in [0.3, 0.4) is 0 Å². The molecule has 20 heavy (non-hydrogen) atoms. The number of halogens is 2. The zero-order valence-electron chi connectivity index (χ0n) is 11.9. The second-order valence-electron chi connectivity index (χ2n) is 5.63. The van der Waals surface area contributed by atoms with E-state index in [2.05, 4.69) is 10.6 Å². The summed E-state index contributed by atoms with van der Waals surface area (Å²) in [6.45, 7) is 5.53. The van der Waals surface area contributed by atoms with E-state index in [4.69, 9.17) is 0 Å². The lowest BCUT2D eigenvalue weighted by atomic mass is 9.83. The normalized spacial score (nSPS) is 16.4. The maximum absolute atomic E-state index is 13.3. The van der Waals surface area contributed by atoms with Crippen molar-refractivity contribution in [1.29, 1.82) is 0 Å². The van der Waals surface area contributed by atoms with Crippen LogP contribution in [0, 0.1) is 5.82 Å². The number of amides is 1. The van der Waals surface area contributed by atoms with Gasteiger partial charge in [0.2, 0.25) is 5.91 Å². The summed E-state index contributed by atoms with van der Waals surface area (Å²) in [5, 5.41) is 6.34. The molecule has 1 amide bonds. The molecule has 0 bridgehead atoms. The standard InChI is InChI=1S/C15H21FN2O.ClH/c1-15(2,11-4-3-5-12(16)10-11)14(19)18-13-6-8-17-9-7-13;/h3-5,10,13,17H,6-9H2,1-2H3,(H,18,19);1H. The van der Waals surface area contributed by atoms with E-state index in [1.54, 1.807) is 12.1 Å². The molecule has 112 valence electrons. The van der Waals surface area contributed by atoms with Gasteiger partial charge >= 0.3 is 0 Å². The Morgan fingerprint density at radius 1 is 1.35 bits per heavy atom. The first-order valence-corrected chi connectivity index (χ1v) is 6.78. The molecule has 0 spiro atoms. The smallest absolute Gasteiger partial charge is 0.230 e. The van der Waals surface area contributed by atoms with E-state index in [1.807, 2.05) is 13.8 Å². The van der Waals surface area contributed by atoms with Gasteiger partial charge in [0.25, 0.3) is 0 Å². The fourth-order valence-corrected chi connectivity index (χ4v) is 2.34. The predicted octanol–water partition coefficient (Wildman–Crippen LogP) is 2.39. The second-order valence-corrected chi connectivity index (χ2v) is 5.63. The van der Waals surface area contributed by atoms with Crippen LogP contribution in [0.1, 0.15) is 32.3 Å². The molecule has 0 aliphatic carbocycles. The van der Waals surface area contributed by atoms with Gasteiger partial charge in [0.1, 0.15) is 5.82 Å². The van der Waals surface area contributed by atoms with E-state index in [0.29, 0.717) is 5.56 Å². The number of carbonyl (C=O) groups excluding carboxylic acids is 1. The molecular weight excluding hydrogens is 279 g/mol. The Balaban J connectivity index is 0.00000200. The van der Waals surface area contributed by atoms with Gasteiger partial charge in [0.15, 0.2) is 0 Å². The van der Waals surface area contributed by atoms with Gasteiger partial charge in [-0.3, -0.25) is 4.79 Å². The topological polar surface area (TPSA) is 41.1 Å². The Kier molecular flexibility index (Phi) is 5.96. The maximum atomic E-state index is 13.3. The van der Waals surface area contributed by atoms with Gasteiger partial charge in [-0.25, -0.2) is 4.39 Å². The second kappa shape index (κ2) is 7.04. The average molecular weight is 301 g/mol. The van der Waals surface area contributed by atoms with E-state index >= 15 is 0 Å². The highest BCUT2D eigenvalue weighted by atomic mass is 35.5. The SMILES string of the molecule is CC(C)(C(=O)NC1CCNCC1)c1cccc(F)c1.Cl. The van der Waals surface area contributed by atoms with Crippen molar-refractivity contribution in [1.82, 2.24) is 10.6 Å². The molecule has 1 aliphatic heterocycles. The van der Waals surface area contributed by atoms with E-state index in [0.717, 1.165) is 25.9 Å². The number of hydrogen-bond donors (Lipinski definition) is 2. The van der Waals surface area contributed by atoms with Crippen LogP contribution in [-0.4, -0.2) is 25.0 Å². The summed E-state index contributed by atoms with van der Waals surface area (Å²) in [7, 11) is 0. The van der Waals surface area contributed by atoms with Crippen LogP contribution in [0.4, 0.5) is 4.39 Å². The number of nitrogens with one attached hydrogen (secondary N) is 2. The number of rotatable bonds is 3. The Labute approximate surface area is 125 Å². The van der Waals surface area contributed by atoms with Gasteiger partial charge in [-0.2, -0.15) is 0 Å². The van der Waals surface area contributed by atoms with Crippen LogP contribution in [0.15, 0.2) is 24.3 Å². The van der Waals surface area contributed by atoms with Crippen molar-refractivity contribution in [2.24, 2.45) is 0 Å². The summed E-state index contributed by atoms with van der Waals surface area (Å²) >= 11 is 0. The summed E-state index contributed by atoms with van der Waals surface area (Å²) in [6, 6.07) is 6.49. The molecule has 1 aliphatic rings. The van der Waals surface area contributed by atoms with Gasteiger partial charge in [0, 0.05) is 6.04 Å². The molecule has 1 aromatic rings. The molecule has 1 aromatic carbocycles. The van der Waals surface area contributed by atoms with Gasteiger partial charge in [0.05, 0.1) is 5.41 Å². The largest absolute Gasteiger partial charge is 0.353 e. The fraction of sp³-hybridized carbons (Fsp3) is 0.533. The van der Waals surface area contributed by atoms with Crippen molar-refractivity contribution in [2.75, 3.05) is 13.1 Å². The lowest BCUT2D eigenvalue weighted by Crippen LogP contribution is -2.48. The predicted molar refractivity (Wildman–Crippen MR) is 80.7 cm³/mol. The molecule has 0 aromatic heterocycles. The van der Waals surface area contributed by atoms with E-state index in [1.165, 1.54) is 12.1 Å². The molecule has 2 rings (SSSR count). The fourth-order valence-electron chi connectivity index (χ4n) is 2.34. The molecule has 0 atom stereocenters. The molecule has 0 saturated carbocycles. The van der Waals surface area contributed by atoms with Crippen LogP contribution in [0.25, 0.3) is 0 Å². The zero-order chi connectivity index (χ0) is 13.9. The summed E-state index contributed by atoms with van der Waals surface area (Å²) < 4.78 is 13.3. The minimum atomic E-state index is -0.715. The Bertz CT molecular complexity index is 459. The average Bonchev–Trinajstić information content (AvgIpc) is 2.40. The van der Waals surface area contributed by atoms with Crippen LogP contribution in [0.2, 0.25) is 0 Å². The van der Waals surface area contributed by atoms with Crippen molar-refractivity contribution in [3.63, 3.8) is 0 Å². The van der Waals surface area contributed by atoms with Gasteiger partial charge < -0.3 is 10.6 Å². The third kappa shape index (κ3) is 3.93. The van der Waals surface area contributed by atoms with Crippen molar-refractivity contribution in [3.8, 4) is 0 Å². The minimum Gasteiger partial charge on any atom is -0.353 e. The monoisotopic (exact) mass is 300 g/mol. The molecule has 2 N–H and O–H groups in total. The molecule has 1 heterocycles. The number of hydrogen-bond acceptors (Lipinski definition) is 2. The molecule has 1 fully saturated rings. The molecular formula is C15H22ClFN2O. The van der Waals surface area contributed by atoms with Crippen molar-refractivity contribution in [3.05, 3.63) is 35.6 Å². The highest BCUT2D eigenvalue weighted by molar-refractivity contribution is 5.87. The van der Waals surface area contributed by atoms with Crippen LogP contribution in [-0.2, 0) is 10.2 Å². The third-order valence-corrected chi connectivity index (χ3v) is 3.79. The van der Waals surface area contributed by atoms with E-state index in [9.17, 15) is 9.18 Å². The lowest BCUT2D eigenvalue weighted by molar-refractivity contribution is -0.126. The zero-order valence-corrected chi connectivity index (χ0v) is 12.7. The quantitative estimate of drug-likeness (QED) is 0.900. The summed E-state index contributed by atoms with van der Waals surface area (Å²) in [5.74, 6) is -0.342. The first-order valence-electron chi connectivity index (χ1n) is 6.78. The van der Waals surface area contributed by atoms with Crippen molar-refractivity contribution in [2.45, 2.75) is 38.1 Å². The first kappa shape index (κ1) is 16.9. The molecule has 1 saturated heterocycles. The number of piperidine rings is 1. The van der Waals surface area contributed by atoms with Crippen LogP contribution < -0.4 is 10.6 Å². The Hall–Kier alpha value is -1.13. The highest BCUT2D eigenvalue weighted by Gasteiger charge is 2.31. The molecule has 3 nitrogen and oxygen atoms in total. The van der Waals surface area contributed by atoms with Crippen LogP contribution >= 0.6 is 12.4 Å². The molecule has 0 unspecified atom stereocenters. The Morgan fingerprint density at radius 3 is 2.60 bits per heavy atom.